The lowest BCUT2D eigenvalue weighted by atomic mass is 9.98. The summed E-state index contributed by atoms with van der Waals surface area (Å²) in [6.45, 7) is 0. The Morgan fingerprint density at radius 1 is 0.159 bits per heavy atom. The summed E-state index contributed by atoms with van der Waals surface area (Å²) >= 11 is 0. The van der Waals surface area contributed by atoms with Crippen molar-refractivity contribution in [1.82, 2.24) is 13.7 Å². The maximum Gasteiger partial charge on any atom is 0.0547 e. The van der Waals surface area contributed by atoms with Crippen LogP contribution in [0.4, 0.5) is 17.1 Å². The molecule has 0 fully saturated rings. The Hall–Kier alpha value is -11.7. The Morgan fingerprint density at radius 3 is 0.693 bits per heavy atom. The van der Waals surface area contributed by atoms with Crippen LogP contribution in [0.5, 0.6) is 0 Å². The standard InChI is InChI=1S/C84H56N4/c1-3-15-67(16-4-1)87-81-25-13-9-21-75(81)77-53-43-65(55-83(77)87)63-31-27-57(28-32-63)59-35-45-69(46-36-59)85(71-49-39-61(40-50-71)62-41-51-72(52-42-62)86-79-23-11-7-19-73(79)74-20-8-12-24-80(74)86)70-47-37-60(38-48-70)58-29-33-64(34-30-58)66-44-54-78-76-22-10-14-26-82(76)88(84(78)56-66)68-17-5-2-6-18-68/h1-56H. The summed E-state index contributed by atoms with van der Waals surface area (Å²) < 4.78 is 7.14. The summed E-state index contributed by atoms with van der Waals surface area (Å²) in [6, 6.07) is 124. The summed E-state index contributed by atoms with van der Waals surface area (Å²) in [5.41, 5.74) is 25.6. The van der Waals surface area contributed by atoms with Crippen LogP contribution in [0.2, 0.25) is 0 Å². The highest BCUT2D eigenvalue weighted by Gasteiger charge is 2.19. The van der Waals surface area contributed by atoms with Crippen molar-refractivity contribution in [3.8, 4) is 72.7 Å². The molecular formula is C84H56N4. The number of benzene rings is 14. The minimum Gasteiger partial charge on any atom is -0.311 e. The molecule has 88 heavy (non-hydrogen) atoms. The molecule has 0 saturated heterocycles. The third kappa shape index (κ3) is 8.69. The number of anilines is 3. The first-order valence-electron chi connectivity index (χ1n) is 30.2. The quantitative estimate of drug-likeness (QED) is 0.126. The molecule has 0 amide bonds. The summed E-state index contributed by atoms with van der Waals surface area (Å²) in [6.07, 6.45) is 0. The van der Waals surface area contributed by atoms with E-state index in [0.717, 1.165) is 50.8 Å². The van der Waals surface area contributed by atoms with Crippen LogP contribution in [0.25, 0.3) is 138 Å². The van der Waals surface area contributed by atoms with E-state index in [1.807, 2.05) is 0 Å². The van der Waals surface area contributed by atoms with Crippen molar-refractivity contribution < 1.29 is 0 Å². The predicted molar refractivity (Wildman–Crippen MR) is 371 cm³/mol. The largest absolute Gasteiger partial charge is 0.311 e. The number of para-hydroxylation sites is 6. The Bertz CT molecular complexity index is 5130. The SMILES string of the molecule is c1ccc(-n2c3ccccc3c3ccc(-c4ccc(-c5ccc(N(c6ccc(-c7ccc(-c8ccc9c%10ccccc%10n(-c%10ccccc%10)c9c8)cc7)cc6)c6ccc(-c7ccc(-n8c9ccccc9c9ccccc98)cc7)cc6)cc5)cc4)cc32)cc1. The molecule has 0 N–H and O–H groups in total. The molecule has 4 nitrogen and oxygen atoms in total. The lowest BCUT2D eigenvalue weighted by Crippen LogP contribution is -2.09. The lowest BCUT2D eigenvalue weighted by Gasteiger charge is -2.26. The van der Waals surface area contributed by atoms with Gasteiger partial charge in [0.1, 0.15) is 0 Å². The number of fused-ring (bicyclic) bond motifs is 9. The van der Waals surface area contributed by atoms with E-state index in [1.165, 1.54) is 104 Å². The minimum atomic E-state index is 1.08. The van der Waals surface area contributed by atoms with Gasteiger partial charge in [-0.1, -0.05) is 231 Å². The molecule has 0 radical (unpaired) electrons. The van der Waals surface area contributed by atoms with Crippen molar-refractivity contribution in [1.29, 1.82) is 0 Å². The van der Waals surface area contributed by atoms with E-state index in [0.29, 0.717) is 0 Å². The van der Waals surface area contributed by atoms with E-state index in [2.05, 4.69) is 358 Å². The van der Waals surface area contributed by atoms with Crippen LogP contribution >= 0.6 is 0 Å². The first-order chi connectivity index (χ1) is 43.6. The number of aromatic nitrogens is 3. The highest BCUT2D eigenvalue weighted by atomic mass is 15.1. The third-order valence-electron chi connectivity index (χ3n) is 17.9. The maximum atomic E-state index is 2.38. The highest BCUT2D eigenvalue weighted by Crippen LogP contribution is 2.42. The molecule has 412 valence electrons. The van der Waals surface area contributed by atoms with Crippen molar-refractivity contribution in [3.05, 3.63) is 340 Å². The Morgan fingerprint density at radius 2 is 0.375 bits per heavy atom. The second kappa shape index (κ2) is 21.1. The van der Waals surface area contributed by atoms with Gasteiger partial charge >= 0.3 is 0 Å². The number of hydrogen-bond acceptors (Lipinski definition) is 1. The van der Waals surface area contributed by atoms with E-state index in [9.17, 15) is 0 Å². The fourth-order valence-corrected chi connectivity index (χ4v) is 13.6. The molecular weight excluding hydrogens is 1060 g/mol. The molecule has 14 aromatic carbocycles. The minimum absolute atomic E-state index is 1.08. The Kier molecular flexibility index (Phi) is 12.2. The summed E-state index contributed by atoms with van der Waals surface area (Å²) in [4.78, 5) is 2.37. The van der Waals surface area contributed by atoms with Crippen LogP contribution in [0.15, 0.2) is 340 Å². The van der Waals surface area contributed by atoms with Gasteiger partial charge in [0, 0.05) is 66.4 Å². The Labute approximate surface area is 510 Å². The van der Waals surface area contributed by atoms with Gasteiger partial charge in [0.2, 0.25) is 0 Å². The zero-order chi connectivity index (χ0) is 58.1. The van der Waals surface area contributed by atoms with E-state index in [4.69, 9.17) is 0 Å². The van der Waals surface area contributed by atoms with Crippen molar-refractivity contribution in [2.75, 3.05) is 4.90 Å². The second-order valence-electron chi connectivity index (χ2n) is 22.9. The maximum absolute atomic E-state index is 2.38. The molecule has 0 bridgehead atoms. The van der Waals surface area contributed by atoms with Gasteiger partial charge < -0.3 is 18.6 Å². The van der Waals surface area contributed by atoms with Gasteiger partial charge in [-0.2, -0.15) is 0 Å². The second-order valence-corrected chi connectivity index (χ2v) is 22.9. The average molecular weight is 1120 g/mol. The van der Waals surface area contributed by atoms with Crippen molar-refractivity contribution in [3.63, 3.8) is 0 Å². The van der Waals surface area contributed by atoms with Crippen molar-refractivity contribution in [2.24, 2.45) is 0 Å². The van der Waals surface area contributed by atoms with Gasteiger partial charge in [-0.05, 0) is 165 Å². The monoisotopic (exact) mass is 1120 g/mol. The molecule has 3 aromatic heterocycles. The predicted octanol–water partition coefficient (Wildman–Crippen LogP) is 22.8. The van der Waals surface area contributed by atoms with Crippen LogP contribution in [-0.2, 0) is 0 Å². The van der Waals surface area contributed by atoms with E-state index >= 15 is 0 Å². The molecule has 0 atom stereocenters. The van der Waals surface area contributed by atoms with E-state index in [1.54, 1.807) is 0 Å². The van der Waals surface area contributed by atoms with Gasteiger partial charge in [-0.3, -0.25) is 0 Å². The molecule has 0 aliphatic carbocycles. The molecule has 0 saturated carbocycles. The fraction of sp³-hybridized carbons (Fsp3) is 0. The van der Waals surface area contributed by atoms with Crippen molar-refractivity contribution in [2.45, 2.75) is 0 Å². The van der Waals surface area contributed by atoms with E-state index < -0.39 is 0 Å². The normalized spacial score (nSPS) is 11.6. The van der Waals surface area contributed by atoms with Gasteiger partial charge in [-0.15, -0.1) is 0 Å². The van der Waals surface area contributed by atoms with Gasteiger partial charge in [0.15, 0.2) is 0 Å². The molecule has 17 aromatic rings. The zero-order valence-corrected chi connectivity index (χ0v) is 48.1. The third-order valence-corrected chi connectivity index (χ3v) is 17.9. The van der Waals surface area contributed by atoms with Crippen LogP contribution in [-0.4, -0.2) is 13.7 Å². The summed E-state index contributed by atoms with van der Waals surface area (Å²) in [5, 5.41) is 7.55. The molecule has 0 aliphatic rings. The highest BCUT2D eigenvalue weighted by molar-refractivity contribution is 6.12. The fourth-order valence-electron chi connectivity index (χ4n) is 13.6. The molecule has 17 rings (SSSR count). The summed E-state index contributed by atoms with van der Waals surface area (Å²) in [5.74, 6) is 0. The Balaban J connectivity index is 0.682. The molecule has 0 spiro atoms. The molecule has 0 unspecified atom stereocenters. The van der Waals surface area contributed by atoms with Crippen LogP contribution < -0.4 is 4.90 Å². The van der Waals surface area contributed by atoms with Gasteiger partial charge in [-0.25, -0.2) is 0 Å². The molecule has 4 heteroatoms. The van der Waals surface area contributed by atoms with Crippen LogP contribution in [0, 0.1) is 0 Å². The van der Waals surface area contributed by atoms with Gasteiger partial charge in [0.05, 0.1) is 33.1 Å². The number of hydrogen-bond donors (Lipinski definition) is 0. The number of rotatable bonds is 11. The average Bonchev–Trinajstić information content (AvgIpc) is 2.14. The first kappa shape index (κ1) is 50.8. The molecule has 3 heterocycles. The van der Waals surface area contributed by atoms with Crippen molar-refractivity contribution >= 4 is 82.5 Å². The van der Waals surface area contributed by atoms with E-state index in [-0.39, 0.29) is 0 Å². The smallest absolute Gasteiger partial charge is 0.0547 e. The first-order valence-corrected chi connectivity index (χ1v) is 30.2. The topological polar surface area (TPSA) is 18.0 Å². The zero-order valence-electron chi connectivity index (χ0n) is 48.1. The van der Waals surface area contributed by atoms with Crippen LogP contribution in [0.3, 0.4) is 0 Å². The lowest BCUT2D eigenvalue weighted by molar-refractivity contribution is 1.18. The summed E-state index contributed by atoms with van der Waals surface area (Å²) in [7, 11) is 0. The van der Waals surface area contributed by atoms with Gasteiger partial charge in [0.25, 0.3) is 0 Å². The van der Waals surface area contributed by atoms with Crippen LogP contribution in [0.1, 0.15) is 0 Å². The molecule has 0 aliphatic heterocycles. The number of nitrogens with zero attached hydrogens (tertiary/aromatic N) is 4.